The Morgan fingerprint density at radius 3 is 2.70 bits per heavy atom. The number of aromatic nitrogens is 4. The van der Waals surface area contributed by atoms with Crippen LogP contribution in [0.25, 0.3) is 10.9 Å². The van der Waals surface area contributed by atoms with Crippen LogP contribution in [0.1, 0.15) is 6.42 Å². The Hall–Kier alpha value is -3.97. The smallest absolute Gasteiger partial charge is 0.442 e. The highest BCUT2D eigenvalue weighted by atomic mass is 16.6. The summed E-state index contributed by atoms with van der Waals surface area (Å²) in [6, 6.07) is 3.98. The number of amides is 1. The Kier molecular flexibility index (Phi) is 7.61. The lowest BCUT2D eigenvalue weighted by molar-refractivity contribution is 0.0357. The maximum absolute atomic E-state index is 12.6. The second-order valence-electron chi connectivity index (χ2n) is 8.37. The van der Waals surface area contributed by atoms with Crippen molar-refractivity contribution < 1.29 is 28.5 Å². The molecule has 0 unspecified atom stereocenters. The Morgan fingerprint density at radius 2 is 1.95 bits per heavy atom. The Labute approximate surface area is 213 Å². The number of carbonyl (C=O) groups is 1. The summed E-state index contributed by atoms with van der Waals surface area (Å²) in [4.78, 5) is 31.6. The first-order valence-corrected chi connectivity index (χ1v) is 12.1. The summed E-state index contributed by atoms with van der Waals surface area (Å²) in [5, 5.41) is 4.18. The van der Waals surface area contributed by atoms with E-state index in [2.05, 4.69) is 30.2 Å². The molecule has 0 atom stereocenters. The highest BCUT2D eigenvalue weighted by molar-refractivity contribution is 5.95. The van der Waals surface area contributed by atoms with E-state index < -0.39 is 6.09 Å². The predicted molar refractivity (Wildman–Crippen MR) is 132 cm³/mol. The molecule has 1 amide bonds. The molecular weight excluding hydrogens is 482 g/mol. The predicted octanol–water partition coefficient (Wildman–Crippen LogP) is 1.47. The summed E-state index contributed by atoms with van der Waals surface area (Å²) in [6.07, 6.45) is 2.68. The van der Waals surface area contributed by atoms with Gasteiger partial charge < -0.3 is 29.0 Å². The van der Waals surface area contributed by atoms with Crippen molar-refractivity contribution in [3.63, 3.8) is 0 Å². The number of hydrogen-bond donors (Lipinski definition) is 1. The van der Waals surface area contributed by atoms with Crippen LogP contribution in [0.15, 0.2) is 29.5 Å². The molecule has 2 aliphatic rings. The number of morpholine rings is 1. The van der Waals surface area contributed by atoms with E-state index in [0.29, 0.717) is 36.7 Å². The lowest BCUT2D eigenvalue weighted by Gasteiger charge is -2.26. The van der Waals surface area contributed by atoms with Crippen molar-refractivity contribution in [2.24, 2.45) is 4.99 Å². The number of hydrogen-bond acceptors (Lipinski definition) is 11. The van der Waals surface area contributed by atoms with Crippen LogP contribution in [0.4, 0.5) is 10.6 Å². The SMILES string of the molecule is COc1ncc(OC(=O)N=c2nc3c(OC)c(OCCCN4CCOCC4)ccc3c3n2CCN3)cn1. The molecule has 0 radical (unpaired) electrons. The fraction of sp³-hybridized carbons (Fsp3) is 0.458. The first-order valence-electron chi connectivity index (χ1n) is 12.1. The van der Waals surface area contributed by atoms with Crippen molar-refractivity contribution in [3.8, 4) is 23.3 Å². The molecule has 1 N–H and O–H groups in total. The van der Waals surface area contributed by atoms with Gasteiger partial charge in [0.1, 0.15) is 11.3 Å². The lowest BCUT2D eigenvalue weighted by atomic mass is 10.2. The minimum atomic E-state index is -0.850. The van der Waals surface area contributed by atoms with Gasteiger partial charge in [-0.3, -0.25) is 9.47 Å². The third-order valence-electron chi connectivity index (χ3n) is 6.07. The van der Waals surface area contributed by atoms with Gasteiger partial charge in [-0.2, -0.15) is 9.97 Å². The molecule has 196 valence electrons. The van der Waals surface area contributed by atoms with Crippen molar-refractivity contribution in [1.82, 2.24) is 24.4 Å². The van der Waals surface area contributed by atoms with Gasteiger partial charge in [0.25, 0.3) is 0 Å². The number of nitrogens with one attached hydrogen (secondary N) is 1. The van der Waals surface area contributed by atoms with Crippen molar-refractivity contribution in [2.75, 3.05) is 65.5 Å². The third kappa shape index (κ3) is 5.57. The molecule has 0 spiro atoms. The van der Waals surface area contributed by atoms with Crippen LogP contribution in [-0.4, -0.2) is 90.7 Å². The molecule has 2 aliphatic heterocycles. The van der Waals surface area contributed by atoms with E-state index in [0.717, 1.165) is 50.5 Å². The second-order valence-corrected chi connectivity index (χ2v) is 8.37. The van der Waals surface area contributed by atoms with E-state index in [4.69, 9.17) is 23.7 Å². The molecule has 1 aromatic carbocycles. The molecule has 0 saturated carbocycles. The molecule has 2 aromatic heterocycles. The Balaban J connectivity index is 1.39. The minimum absolute atomic E-state index is 0.139. The van der Waals surface area contributed by atoms with Crippen LogP contribution in [0.2, 0.25) is 0 Å². The summed E-state index contributed by atoms with van der Waals surface area (Å²) in [6.45, 7) is 6.18. The number of carbonyl (C=O) groups excluding carboxylic acids is 1. The van der Waals surface area contributed by atoms with Gasteiger partial charge in [0, 0.05) is 38.1 Å². The maximum Gasteiger partial charge on any atom is 0.442 e. The van der Waals surface area contributed by atoms with Gasteiger partial charge in [0.05, 0.1) is 46.4 Å². The van der Waals surface area contributed by atoms with Gasteiger partial charge in [0.2, 0.25) is 5.62 Å². The van der Waals surface area contributed by atoms with Crippen LogP contribution >= 0.6 is 0 Å². The summed E-state index contributed by atoms with van der Waals surface area (Å²) in [5.74, 6) is 1.99. The summed E-state index contributed by atoms with van der Waals surface area (Å²) in [7, 11) is 3.02. The molecule has 37 heavy (non-hydrogen) atoms. The number of fused-ring (bicyclic) bond motifs is 3. The third-order valence-corrected chi connectivity index (χ3v) is 6.07. The Bertz CT molecular complexity index is 1320. The second kappa shape index (κ2) is 11.4. The first-order chi connectivity index (χ1) is 18.2. The number of ether oxygens (including phenoxy) is 5. The monoisotopic (exact) mass is 511 g/mol. The van der Waals surface area contributed by atoms with Crippen molar-refractivity contribution in [1.29, 1.82) is 0 Å². The number of benzene rings is 1. The van der Waals surface area contributed by atoms with Crippen LogP contribution in [-0.2, 0) is 11.3 Å². The maximum atomic E-state index is 12.6. The van der Waals surface area contributed by atoms with Gasteiger partial charge in [-0.05, 0) is 18.6 Å². The van der Waals surface area contributed by atoms with E-state index in [-0.39, 0.29) is 17.4 Å². The fourth-order valence-electron chi connectivity index (χ4n) is 4.31. The molecule has 13 heteroatoms. The first kappa shape index (κ1) is 24.7. The largest absolute Gasteiger partial charge is 0.491 e. The highest BCUT2D eigenvalue weighted by Gasteiger charge is 2.21. The van der Waals surface area contributed by atoms with Gasteiger partial charge in [-0.15, -0.1) is 4.99 Å². The standard InChI is InChI=1S/C24H29N7O6/c1-33-20-18(36-11-3-7-30-9-12-35-13-10-30)5-4-17-19(20)28-22(31-8-6-25-21(17)31)29-24(32)37-16-14-26-23(34-2)27-15-16/h4-5,14-15,25H,3,6-13H2,1-2H3. The van der Waals surface area contributed by atoms with E-state index in [9.17, 15) is 4.79 Å². The zero-order valence-electron chi connectivity index (χ0n) is 20.8. The van der Waals surface area contributed by atoms with E-state index in [1.54, 1.807) is 7.11 Å². The normalized spacial score (nSPS) is 15.8. The fourth-order valence-corrected chi connectivity index (χ4v) is 4.31. The van der Waals surface area contributed by atoms with Gasteiger partial charge >= 0.3 is 12.1 Å². The molecule has 3 aromatic rings. The summed E-state index contributed by atoms with van der Waals surface area (Å²) >= 11 is 0. The lowest BCUT2D eigenvalue weighted by Crippen LogP contribution is -2.37. The average molecular weight is 512 g/mol. The van der Waals surface area contributed by atoms with Crippen molar-refractivity contribution >= 4 is 22.8 Å². The quantitative estimate of drug-likeness (QED) is 0.441. The molecule has 5 rings (SSSR count). The van der Waals surface area contributed by atoms with Crippen LogP contribution in [0.5, 0.6) is 23.3 Å². The van der Waals surface area contributed by atoms with Gasteiger partial charge in [-0.25, -0.2) is 9.78 Å². The molecule has 4 heterocycles. The van der Waals surface area contributed by atoms with Crippen molar-refractivity contribution in [2.45, 2.75) is 13.0 Å². The topological polar surface area (TPSA) is 134 Å². The number of methoxy groups -OCH3 is 2. The number of nitrogens with zero attached hydrogens (tertiary/aromatic N) is 6. The van der Waals surface area contributed by atoms with E-state index >= 15 is 0 Å². The number of anilines is 1. The zero-order valence-corrected chi connectivity index (χ0v) is 20.8. The highest BCUT2D eigenvalue weighted by Crippen LogP contribution is 2.37. The van der Waals surface area contributed by atoms with Crippen molar-refractivity contribution in [3.05, 3.63) is 30.1 Å². The molecular formula is C24H29N7O6. The molecule has 13 nitrogen and oxygen atoms in total. The number of rotatable bonds is 8. The molecule has 1 fully saturated rings. The molecule has 1 saturated heterocycles. The van der Waals surface area contributed by atoms with E-state index in [1.807, 2.05) is 16.7 Å². The average Bonchev–Trinajstić information content (AvgIpc) is 3.43. The van der Waals surface area contributed by atoms with Crippen LogP contribution in [0, 0.1) is 0 Å². The summed E-state index contributed by atoms with van der Waals surface area (Å²) in [5.41, 5.74) is 0.725. The minimum Gasteiger partial charge on any atom is -0.491 e. The van der Waals surface area contributed by atoms with E-state index in [1.165, 1.54) is 19.5 Å². The van der Waals surface area contributed by atoms with Crippen LogP contribution < -0.4 is 29.9 Å². The summed E-state index contributed by atoms with van der Waals surface area (Å²) < 4.78 is 29.2. The van der Waals surface area contributed by atoms with Gasteiger partial charge in [-0.1, -0.05) is 0 Å². The molecule has 0 bridgehead atoms. The van der Waals surface area contributed by atoms with Gasteiger partial charge in [0.15, 0.2) is 17.2 Å². The Morgan fingerprint density at radius 1 is 1.14 bits per heavy atom. The zero-order chi connectivity index (χ0) is 25.6. The molecule has 0 aliphatic carbocycles. The van der Waals surface area contributed by atoms with Crippen LogP contribution in [0.3, 0.4) is 0 Å².